The fourth-order valence-corrected chi connectivity index (χ4v) is 3.05. The molecule has 0 aliphatic carbocycles. The molecule has 124 valence electrons. The van der Waals surface area contributed by atoms with Crippen molar-refractivity contribution in [3.8, 4) is 0 Å². The summed E-state index contributed by atoms with van der Waals surface area (Å²) in [5.41, 5.74) is 1.12. The number of nitrogens with one attached hydrogen (secondary N) is 1. The van der Waals surface area contributed by atoms with Gasteiger partial charge in [0.25, 0.3) is 0 Å². The molecule has 1 aliphatic heterocycles. The van der Waals surface area contributed by atoms with Crippen molar-refractivity contribution < 1.29 is 4.74 Å². The third kappa shape index (κ3) is 3.95. The molecule has 3 heterocycles. The van der Waals surface area contributed by atoms with E-state index in [1.807, 2.05) is 31.8 Å². The smallest absolute Gasteiger partial charge is 0.137 e. The highest BCUT2D eigenvalue weighted by molar-refractivity contribution is 5.05. The summed E-state index contributed by atoms with van der Waals surface area (Å²) in [6.07, 6.45) is 10.9. The van der Waals surface area contributed by atoms with Gasteiger partial charge in [-0.1, -0.05) is 6.92 Å². The molecule has 6 nitrogen and oxygen atoms in total. The van der Waals surface area contributed by atoms with Crippen molar-refractivity contribution in [2.45, 2.75) is 38.8 Å². The van der Waals surface area contributed by atoms with Crippen LogP contribution in [0.15, 0.2) is 24.8 Å². The predicted molar refractivity (Wildman–Crippen MR) is 87.7 cm³/mol. The minimum atomic E-state index is 0.0787. The molecule has 3 rings (SSSR count). The van der Waals surface area contributed by atoms with Crippen LogP contribution in [0.4, 0.5) is 0 Å². The normalized spacial score (nSPS) is 21.5. The first-order chi connectivity index (χ1) is 11.3. The summed E-state index contributed by atoms with van der Waals surface area (Å²) in [6.45, 7) is 4.58. The van der Waals surface area contributed by atoms with Crippen LogP contribution in [0.25, 0.3) is 0 Å². The van der Waals surface area contributed by atoms with E-state index in [2.05, 4.69) is 31.8 Å². The Hall–Kier alpha value is -1.79. The van der Waals surface area contributed by atoms with Gasteiger partial charge in [-0.05, 0) is 12.8 Å². The van der Waals surface area contributed by atoms with Gasteiger partial charge in [0.15, 0.2) is 0 Å². The van der Waals surface area contributed by atoms with E-state index in [4.69, 9.17) is 4.74 Å². The van der Waals surface area contributed by atoms with Crippen molar-refractivity contribution in [2.75, 3.05) is 13.2 Å². The number of hydrogen-bond acceptors (Lipinski definition) is 5. The maximum atomic E-state index is 6.00. The molecule has 23 heavy (non-hydrogen) atoms. The molecule has 1 saturated heterocycles. The van der Waals surface area contributed by atoms with E-state index in [1.165, 1.54) is 0 Å². The highest BCUT2D eigenvalue weighted by Gasteiger charge is 2.29. The molecule has 2 aromatic rings. The lowest BCUT2D eigenvalue weighted by atomic mass is 9.93. The quantitative estimate of drug-likeness (QED) is 0.883. The molecule has 1 N–H and O–H groups in total. The lowest BCUT2D eigenvalue weighted by Crippen LogP contribution is -2.33. The van der Waals surface area contributed by atoms with Gasteiger partial charge in [0.1, 0.15) is 17.8 Å². The summed E-state index contributed by atoms with van der Waals surface area (Å²) in [4.78, 5) is 13.1. The first-order valence-electron chi connectivity index (χ1n) is 8.37. The van der Waals surface area contributed by atoms with Crippen molar-refractivity contribution in [3.63, 3.8) is 0 Å². The monoisotopic (exact) mass is 315 g/mol. The standard InChI is InChI=1S/C17H25N5O/c1-3-15-20-10-13(11-21-15)9-18-12-14-5-4-8-23-16(14)17-19-6-7-22(17)2/h6-7,10-11,14,16,18H,3-5,8-9,12H2,1-2H3/t14-,16+/m0/s1. The summed E-state index contributed by atoms with van der Waals surface area (Å²) in [6, 6.07) is 0. The van der Waals surface area contributed by atoms with E-state index in [1.54, 1.807) is 0 Å². The molecule has 0 unspecified atom stereocenters. The van der Waals surface area contributed by atoms with Crippen LogP contribution in [0, 0.1) is 5.92 Å². The predicted octanol–water partition coefficient (Wildman–Crippen LogP) is 2.03. The average Bonchev–Trinajstić information content (AvgIpc) is 3.02. The topological polar surface area (TPSA) is 64.9 Å². The van der Waals surface area contributed by atoms with E-state index >= 15 is 0 Å². The number of aromatic nitrogens is 4. The lowest BCUT2D eigenvalue weighted by molar-refractivity contribution is -0.0344. The number of imidazole rings is 1. The number of nitrogens with zero attached hydrogens (tertiary/aromatic N) is 4. The Bertz CT molecular complexity index is 610. The average molecular weight is 315 g/mol. The largest absolute Gasteiger partial charge is 0.370 e. The third-order valence-electron chi connectivity index (χ3n) is 4.37. The first-order valence-corrected chi connectivity index (χ1v) is 8.37. The zero-order valence-corrected chi connectivity index (χ0v) is 13.9. The molecule has 6 heteroatoms. The second-order valence-corrected chi connectivity index (χ2v) is 6.08. The van der Waals surface area contributed by atoms with Gasteiger partial charge in [-0.3, -0.25) is 0 Å². The maximum absolute atomic E-state index is 6.00. The molecular formula is C17H25N5O. The number of ether oxygens (including phenoxy) is 1. The van der Waals surface area contributed by atoms with E-state index in [0.29, 0.717) is 5.92 Å². The van der Waals surface area contributed by atoms with E-state index in [-0.39, 0.29) is 6.10 Å². The van der Waals surface area contributed by atoms with Gasteiger partial charge in [-0.15, -0.1) is 0 Å². The van der Waals surface area contributed by atoms with Gasteiger partial charge in [0.05, 0.1) is 0 Å². The minimum absolute atomic E-state index is 0.0787. The SMILES string of the molecule is CCc1ncc(CNC[C@@H]2CCCO[C@H]2c2nccn2C)cn1. The Morgan fingerprint density at radius 3 is 2.83 bits per heavy atom. The molecule has 1 fully saturated rings. The minimum Gasteiger partial charge on any atom is -0.370 e. The van der Waals surface area contributed by atoms with Crippen LogP contribution in [0.5, 0.6) is 0 Å². The summed E-state index contributed by atoms with van der Waals surface area (Å²) in [5.74, 6) is 2.36. The summed E-state index contributed by atoms with van der Waals surface area (Å²) >= 11 is 0. The van der Waals surface area contributed by atoms with Crippen LogP contribution < -0.4 is 5.32 Å². The van der Waals surface area contributed by atoms with Crippen molar-refractivity contribution in [2.24, 2.45) is 13.0 Å². The van der Waals surface area contributed by atoms with Crippen molar-refractivity contribution >= 4 is 0 Å². The Morgan fingerprint density at radius 2 is 2.13 bits per heavy atom. The van der Waals surface area contributed by atoms with Crippen molar-refractivity contribution in [1.82, 2.24) is 24.8 Å². The molecule has 2 atom stereocenters. The van der Waals surface area contributed by atoms with Gasteiger partial charge in [0, 0.05) is 69.4 Å². The van der Waals surface area contributed by atoms with E-state index < -0.39 is 0 Å². The van der Waals surface area contributed by atoms with Gasteiger partial charge in [0.2, 0.25) is 0 Å². The molecule has 0 spiro atoms. The zero-order valence-electron chi connectivity index (χ0n) is 13.9. The van der Waals surface area contributed by atoms with E-state index in [9.17, 15) is 0 Å². The van der Waals surface area contributed by atoms with Crippen LogP contribution in [0.1, 0.15) is 43.1 Å². The molecular weight excluding hydrogens is 290 g/mol. The maximum Gasteiger partial charge on any atom is 0.137 e. The molecule has 0 bridgehead atoms. The van der Waals surface area contributed by atoms with Crippen LogP contribution in [0.3, 0.4) is 0 Å². The Labute approximate surface area is 137 Å². The van der Waals surface area contributed by atoms with Crippen LogP contribution in [0.2, 0.25) is 0 Å². The van der Waals surface area contributed by atoms with Crippen molar-refractivity contribution in [3.05, 3.63) is 42.0 Å². The Kier molecular flexibility index (Phi) is 5.35. The number of aryl methyl sites for hydroxylation is 2. The molecule has 0 aromatic carbocycles. The van der Waals surface area contributed by atoms with E-state index in [0.717, 1.165) is 56.2 Å². The van der Waals surface area contributed by atoms with Crippen LogP contribution in [-0.2, 0) is 24.8 Å². The van der Waals surface area contributed by atoms with Crippen molar-refractivity contribution in [1.29, 1.82) is 0 Å². The second-order valence-electron chi connectivity index (χ2n) is 6.08. The summed E-state index contributed by atoms with van der Waals surface area (Å²) < 4.78 is 8.06. The lowest BCUT2D eigenvalue weighted by Gasteiger charge is -2.31. The zero-order chi connectivity index (χ0) is 16.1. The first kappa shape index (κ1) is 16.1. The highest BCUT2D eigenvalue weighted by atomic mass is 16.5. The van der Waals surface area contributed by atoms with Gasteiger partial charge < -0.3 is 14.6 Å². The fraction of sp³-hybridized carbons (Fsp3) is 0.588. The van der Waals surface area contributed by atoms with Gasteiger partial charge >= 0.3 is 0 Å². The van der Waals surface area contributed by atoms with Gasteiger partial charge in [-0.25, -0.2) is 15.0 Å². The number of hydrogen-bond donors (Lipinski definition) is 1. The second kappa shape index (κ2) is 7.66. The fourth-order valence-electron chi connectivity index (χ4n) is 3.05. The highest BCUT2D eigenvalue weighted by Crippen LogP contribution is 2.32. The molecule has 0 saturated carbocycles. The molecule has 0 radical (unpaired) electrons. The van der Waals surface area contributed by atoms with Crippen LogP contribution >= 0.6 is 0 Å². The molecule has 2 aromatic heterocycles. The number of rotatable bonds is 6. The summed E-state index contributed by atoms with van der Waals surface area (Å²) in [7, 11) is 2.03. The molecule has 1 aliphatic rings. The Morgan fingerprint density at radius 1 is 1.30 bits per heavy atom. The molecule has 0 amide bonds. The summed E-state index contributed by atoms with van der Waals surface area (Å²) in [5, 5.41) is 3.52. The Balaban J connectivity index is 1.56. The van der Waals surface area contributed by atoms with Gasteiger partial charge in [-0.2, -0.15) is 0 Å². The van der Waals surface area contributed by atoms with Crippen LogP contribution in [-0.4, -0.2) is 32.7 Å². The third-order valence-corrected chi connectivity index (χ3v) is 4.37.